The van der Waals surface area contributed by atoms with Gasteiger partial charge in [0.1, 0.15) is 5.78 Å². The molecule has 0 aliphatic carbocycles. The van der Waals surface area contributed by atoms with Crippen LogP contribution in [0.3, 0.4) is 0 Å². The Kier molecular flexibility index (Phi) is 3.64. The largest absolute Gasteiger partial charge is 0.299 e. The number of ketones is 1. The highest BCUT2D eigenvalue weighted by atomic mass is 35.6. The molecule has 0 unspecified atom stereocenters. The van der Waals surface area contributed by atoms with Gasteiger partial charge in [0.05, 0.1) is 5.92 Å². The number of hydrogen-bond acceptors (Lipinski definition) is 2. The van der Waals surface area contributed by atoms with Crippen molar-refractivity contribution in [1.29, 1.82) is 0 Å². The first-order valence-corrected chi connectivity index (χ1v) is 7.60. The number of fused-ring (bicyclic) bond motifs is 2. The van der Waals surface area contributed by atoms with Gasteiger partial charge in [-0.3, -0.25) is 9.69 Å². The summed E-state index contributed by atoms with van der Waals surface area (Å²) >= 11 is 18.5. The fourth-order valence-electron chi connectivity index (χ4n) is 2.88. The Hall–Kier alpha value is -1.22. The number of hydrogen-bond donors (Lipinski definition) is 0. The van der Waals surface area contributed by atoms with Crippen LogP contribution in [-0.2, 0) is 4.79 Å². The van der Waals surface area contributed by atoms with Crippen LogP contribution in [0.15, 0.2) is 48.5 Å². The van der Waals surface area contributed by atoms with E-state index in [-0.39, 0.29) is 11.7 Å². The molecule has 0 radical (unpaired) electrons. The molecule has 0 amide bonds. The van der Waals surface area contributed by atoms with Crippen LogP contribution >= 0.6 is 34.8 Å². The van der Waals surface area contributed by atoms with Gasteiger partial charge in [0.15, 0.2) is 0 Å². The minimum absolute atomic E-state index is 0.0684. The highest BCUT2D eigenvalue weighted by molar-refractivity contribution is 6.69. The first-order valence-electron chi connectivity index (χ1n) is 6.46. The average Bonchev–Trinajstić information content (AvgIpc) is 2.42. The summed E-state index contributed by atoms with van der Waals surface area (Å²) in [5, 5.41) is 0. The van der Waals surface area contributed by atoms with E-state index in [0.29, 0.717) is 0 Å². The third kappa shape index (κ3) is 2.42. The number of rotatable bonds is 1. The Morgan fingerprint density at radius 2 is 1.38 bits per heavy atom. The molecule has 1 heterocycles. The lowest BCUT2D eigenvalue weighted by molar-refractivity contribution is -0.117. The van der Waals surface area contributed by atoms with E-state index in [0.717, 1.165) is 22.5 Å². The molecule has 0 saturated carbocycles. The Bertz CT molecular complexity index is 661. The topological polar surface area (TPSA) is 20.3 Å². The zero-order chi connectivity index (χ0) is 15.2. The quantitative estimate of drug-likeness (QED) is 0.526. The van der Waals surface area contributed by atoms with Crippen LogP contribution in [0.25, 0.3) is 0 Å². The van der Waals surface area contributed by atoms with E-state index >= 15 is 0 Å². The molecule has 0 aromatic heterocycles. The molecule has 3 rings (SSSR count). The summed E-state index contributed by atoms with van der Waals surface area (Å²) in [5.74, 6) is -0.264. The van der Waals surface area contributed by atoms with Crippen LogP contribution in [0.1, 0.15) is 24.0 Å². The van der Waals surface area contributed by atoms with Gasteiger partial charge in [-0.1, -0.05) is 71.2 Å². The summed E-state index contributed by atoms with van der Waals surface area (Å²) in [5.41, 5.74) is 3.21. The van der Waals surface area contributed by atoms with Gasteiger partial charge in [0, 0.05) is 11.4 Å². The first kappa shape index (κ1) is 14.7. The molecular weight excluding hydrogens is 329 g/mol. The van der Waals surface area contributed by atoms with Crippen LogP contribution in [0, 0.1) is 0 Å². The summed E-state index contributed by atoms with van der Waals surface area (Å²) in [6.45, 7) is 1.59. The second-order valence-corrected chi connectivity index (χ2v) is 7.19. The zero-order valence-electron chi connectivity index (χ0n) is 11.2. The molecule has 0 fully saturated rings. The Morgan fingerprint density at radius 1 is 0.952 bits per heavy atom. The zero-order valence-corrected chi connectivity index (χ0v) is 13.5. The minimum Gasteiger partial charge on any atom is -0.299 e. The van der Waals surface area contributed by atoms with E-state index in [2.05, 4.69) is 0 Å². The van der Waals surface area contributed by atoms with Crippen LogP contribution in [0.4, 0.5) is 11.4 Å². The van der Waals surface area contributed by atoms with E-state index in [1.54, 1.807) is 11.8 Å². The van der Waals surface area contributed by atoms with Gasteiger partial charge in [-0.2, -0.15) is 0 Å². The van der Waals surface area contributed by atoms with Crippen molar-refractivity contribution in [2.45, 2.75) is 16.8 Å². The highest BCUT2D eigenvalue weighted by Crippen LogP contribution is 2.51. The van der Waals surface area contributed by atoms with Gasteiger partial charge in [-0.25, -0.2) is 0 Å². The molecular formula is C16H12Cl3NO. The molecule has 1 aliphatic heterocycles. The molecule has 1 aliphatic rings. The molecule has 5 heteroatoms. The van der Waals surface area contributed by atoms with E-state index < -0.39 is 3.92 Å². The number of alkyl halides is 3. The summed E-state index contributed by atoms with van der Waals surface area (Å²) in [6, 6.07) is 15.0. The third-order valence-electron chi connectivity index (χ3n) is 3.64. The molecule has 2 nitrogen and oxygen atoms in total. The molecule has 2 aromatic carbocycles. The minimum atomic E-state index is -1.63. The Morgan fingerprint density at radius 3 is 1.76 bits per heavy atom. The fraction of sp³-hybridized carbons (Fsp3) is 0.188. The monoisotopic (exact) mass is 339 g/mol. The highest BCUT2D eigenvalue weighted by Gasteiger charge is 2.40. The van der Waals surface area contributed by atoms with Gasteiger partial charge < -0.3 is 0 Å². The average molecular weight is 341 g/mol. The molecule has 108 valence electrons. The van der Waals surface area contributed by atoms with Crippen LogP contribution in [-0.4, -0.2) is 9.70 Å². The molecule has 0 bridgehead atoms. The summed E-state index contributed by atoms with van der Waals surface area (Å²) < 4.78 is -1.63. The molecule has 0 N–H and O–H groups in total. The molecule has 2 aromatic rings. The van der Waals surface area contributed by atoms with Crippen LogP contribution < -0.4 is 4.90 Å². The van der Waals surface area contributed by atoms with Gasteiger partial charge in [0.25, 0.3) is 3.92 Å². The maximum atomic E-state index is 12.2. The van der Waals surface area contributed by atoms with Gasteiger partial charge in [-0.15, -0.1) is 0 Å². The van der Waals surface area contributed by atoms with Crippen molar-refractivity contribution in [2.24, 2.45) is 0 Å². The summed E-state index contributed by atoms with van der Waals surface area (Å²) in [6.07, 6.45) is 0. The molecule has 21 heavy (non-hydrogen) atoms. The predicted molar refractivity (Wildman–Crippen MR) is 87.8 cm³/mol. The van der Waals surface area contributed by atoms with Gasteiger partial charge in [0.2, 0.25) is 0 Å². The number of benzene rings is 2. The Balaban J connectivity index is 2.34. The van der Waals surface area contributed by atoms with E-state index in [4.69, 9.17) is 34.8 Å². The third-order valence-corrected chi connectivity index (χ3v) is 4.14. The maximum Gasteiger partial charge on any atom is 0.272 e. The normalized spacial score (nSPS) is 14.6. The number of halogens is 3. The van der Waals surface area contributed by atoms with Crippen molar-refractivity contribution in [3.63, 3.8) is 0 Å². The van der Waals surface area contributed by atoms with Crippen molar-refractivity contribution < 1.29 is 4.79 Å². The lowest BCUT2D eigenvalue weighted by Gasteiger charge is -2.40. The number of carbonyl (C=O) groups excluding carboxylic acids is 1. The van der Waals surface area contributed by atoms with Crippen molar-refractivity contribution in [3.8, 4) is 0 Å². The molecule has 0 spiro atoms. The van der Waals surface area contributed by atoms with Crippen molar-refractivity contribution in [1.82, 2.24) is 0 Å². The molecule has 0 atom stereocenters. The smallest absolute Gasteiger partial charge is 0.272 e. The van der Waals surface area contributed by atoms with Crippen molar-refractivity contribution in [3.05, 3.63) is 59.7 Å². The lowest BCUT2D eigenvalue weighted by atomic mass is 9.83. The summed E-state index contributed by atoms with van der Waals surface area (Å²) in [7, 11) is 0. The second kappa shape index (κ2) is 5.20. The SMILES string of the molecule is CC(=O)C1c2ccccc2N(C(Cl)(Cl)Cl)c2ccccc21. The standard InChI is InChI=1S/C16H12Cl3NO/c1-10(21)15-11-6-2-4-8-13(11)20(16(17,18)19)14-9-5-3-7-12(14)15/h2-9,15H,1H3. The van der Waals surface area contributed by atoms with E-state index in [9.17, 15) is 4.79 Å². The number of carbonyl (C=O) groups is 1. The Labute approximate surface area is 138 Å². The van der Waals surface area contributed by atoms with Crippen LogP contribution in [0.2, 0.25) is 0 Å². The number of Topliss-reactive ketones (excluding diaryl/α,β-unsaturated/α-hetero) is 1. The van der Waals surface area contributed by atoms with Crippen LogP contribution in [0.5, 0.6) is 0 Å². The maximum absolute atomic E-state index is 12.2. The van der Waals surface area contributed by atoms with E-state index in [1.165, 1.54) is 0 Å². The van der Waals surface area contributed by atoms with Crippen molar-refractivity contribution in [2.75, 3.05) is 4.90 Å². The first-order chi connectivity index (χ1) is 9.91. The predicted octanol–water partition coefficient (Wildman–Crippen LogP) is 5.19. The molecule has 0 saturated heterocycles. The lowest BCUT2D eigenvalue weighted by Crippen LogP contribution is -2.36. The fourth-order valence-corrected chi connectivity index (χ4v) is 3.43. The van der Waals surface area contributed by atoms with Gasteiger partial charge in [-0.05, 0) is 30.2 Å². The second-order valence-electron chi connectivity index (χ2n) is 4.96. The number of anilines is 2. The van der Waals surface area contributed by atoms with Crippen molar-refractivity contribution >= 4 is 52.0 Å². The summed E-state index contributed by atoms with van der Waals surface area (Å²) in [4.78, 5) is 13.8. The van der Waals surface area contributed by atoms with E-state index in [1.807, 2.05) is 48.5 Å². The number of para-hydroxylation sites is 2. The number of nitrogens with zero attached hydrogens (tertiary/aromatic N) is 1. The van der Waals surface area contributed by atoms with Gasteiger partial charge >= 0.3 is 0 Å².